The van der Waals surface area contributed by atoms with Crippen LogP contribution in [0.5, 0.6) is 5.75 Å². The van der Waals surface area contributed by atoms with Gasteiger partial charge in [-0.2, -0.15) is 5.10 Å². The van der Waals surface area contributed by atoms with E-state index in [1.807, 2.05) is 18.2 Å². The van der Waals surface area contributed by atoms with E-state index in [4.69, 9.17) is 4.74 Å². The lowest BCUT2D eigenvalue weighted by atomic mass is 9.78. The minimum atomic E-state index is -0.215. The molecule has 0 radical (unpaired) electrons. The molecule has 1 saturated carbocycles. The number of hydrazone groups is 1. The van der Waals surface area contributed by atoms with Gasteiger partial charge in [-0.25, -0.2) is 5.43 Å². The third kappa shape index (κ3) is 6.18. The second kappa shape index (κ2) is 10.2. The molecule has 1 aliphatic rings. The van der Waals surface area contributed by atoms with Gasteiger partial charge >= 0.3 is 0 Å². The SMILES string of the molecule is CC(C)(c1ccccc1)c1ccc(OCC(=O)NN=C2CCCCCCC2)cc1. The second-order valence-corrected chi connectivity index (χ2v) is 8.28. The zero-order chi connectivity index (χ0) is 20.5. The van der Waals surface area contributed by atoms with Crippen LogP contribution in [0.15, 0.2) is 59.7 Å². The van der Waals surface area contributed by atoms with E-state index in [9.17, 15) is 4.79 Å². The fraction of sp³-hybridized carbons (Fsp3) is 0.440. The van der Waals surface area contributed by atoms with Gasteiger partial charge in [0.15, 0.2) is 6.61 Å². The van der Waals surface area contributed by atoms with Crippen molar-refractivity contribution in [2.45, 2.75) is 64.2 Å². The summed E-state index contributed by atoms with van der Waals surface area (Å²) in [5.41, 5.74) is 6.13. The fourth-order valence-corrected chi connectivity index (χ4v) is 3.74. The van der Waals surface area contributed by atoms with Crippen molar-refractivity contribution in [2.75, 3.05) is 6.61 Å². The number of amides is 1. The van der Waals surface area contributed by atoms with Crippen molar-refractivity contribution in [3.05, 3.63) is 65.7 Å². The maximum Gasteiger partial charge on any atom is 0.277 e. The van der Waals surface area contributed by atoms with Crippen molar-refractivity contribution in [1.82, 2.24) is 5.43 Å². The standard InChI is InChI=1S/C25H32N2O2/c1-25(2,20-11-7-6-8-12-20)21-15-17-23(18-16-21)29-19-24(28)27-26-22-13-9-4-3-5-10-14-22/h6-8,11-12,15-18H,3-5,9-10,13-14,19H2,1-2H3,(H,27,28). The van der Waals surface area contributed by atoms with E-state index < -0.39 is 0 Å². The van der Waals surface area contributed by atoms with Crippen LogP contribution in [0.25, 0.3) is 0 Å². The van der Waals surface area contributed by atoms with Crippen molar-refractivity contribution in [1.29, 1.82) is 0 Å². The topological polar surface area (TPSA) is 50.7 Å². The van der Waals surface area contributed by atoms with Crippen LogP contribution in [0.4, 0.5) is 0 Å². The summed E-state index contributed by atoms with van der Waals surface area (Å²) in [6.45, 7) is 4.39. The molecule has 0 saturated heterocycles. The smallest absolute Gasteiger partial charge is 0.277 e. The van der Waals surface area contributed by atoms with Gasteiger partial charge in [0, 0.05) is 11.1 Å². The molecule has 29 heavy (non-hydrogen) atoms. The van der Waals surface area contributed by atoms with Crippen LogP contribution in [-0.4, -0.2) is 18.2 Å². The first-order valence-corrected chi connectivity index (χ1v) is 10.7. The Labute approximate surface area is 174 Å². The van der Waals surface area contributed by atoms with Gasteiger partial charge in [0.25, 0.3) is 5.91 Å². The van der Waals surface area contributed by atoms with Crippen molar-refractivity contribution in [2.24, 2.45) is 5.10 Å². The highest BCUT2D eigenvalue weighted by Crippen LogP contribution is 2.32. The van der Waals surface area contributed by atoms with Gasteiger partial charge in [-0.05, 0) is 48.9 Å². The van der Waals surface area contributed by atoms with E-state index in [1.165, 1.54) is 30.4 Å². The summed E-state index contributed by atoms with van der Waals surface area (Å²) in [6.07, 6.45) is 8.13. The molecule has 2 aromatic carbocycles. The highest BCUT2D eigenvalue weighted by Gasteiger charge is 2.22. The maximum absolute atomic E-state index is 12.1. The van der Waals surface area contributed by atoms with Gasteiger partial charge in [0.1, 0.15) is 5.75 Å². The molecule has 0 heterocycles. The molecule has 1 N–H and O–H groups in total. The van der Waals surface area contributed by atoms with E-state index in [1.54, 1.807) is 0 Å². The van der Waals surface area contributed by atoms with Crippen LogP contribution in [0.3, 0.4) is 0 Å². The maximum atomic E-state index is 12.1. The number of carbonyl (C=O) groups excluding carboxylic acids is 1. The third-order valence-corrected chi connectivity index (χ3v) is 5.71. The Kier molecular flexibility index (Phi) is 7.45. The number of benzene rings is 2. The van der Waals surface area contributed by atoms with Crippen LogP contribution in [0.2, 0.25) is 0 Å². The summed E-state index contributed by atoms with van der Waals surface area (Å²) in [5.74, 6) is 0.472. The predicted molar refractivity (Wildman–Crippen MR) is 118 cm³/mol. The Morgan fingerprint density at radius 1 is 0.897 bits per heavy atom. The first-order chi connectivity index (χ1) is 14.1. The summed E-state index contributed by atoms with van der Waals surface area (Å²) < 4.78 is 5.64. The Bertz CT molecular complexity index is 800. The average Bonchev–Trinajstić information content (AvgIpc) is 2.72. The largest absolute Gasteiger partial charge is 0.484 e. The summed E-state index contributed by atoms with van der Waals surface area (Å²) in [6, 6.07) is 18.4. The molecule has 154 valence electrons. The van der Waals surface area contributed by atoms with Gasteiger partial charge in [-0.3, -0.25) is 4.79 Å². The predicted octanol–water partition coefficient (Wildman–Crippen LogP) is 5.61. The third-order valence-electron chi connectivity index (χ3n) is 5.71. The quantitative estimate of drug-likeness (QED) is 0.650. The molecule has 1 aliphatic carbocycles. The van der Waals surface area contributed by atoms with Crippen LogP contribution in [-0.2, 0) is 10.2 Å². The fourth-order valence-electron chi connectivity index (χ4n) is 3.74. The molecule has 0 spiro atoms. The zero-order valence-electron chi connectivity index (χ0n) is 17.6. The number of hydrogen-bond donors (Lipinski definition) is 1. The van der Waals surface area contributed by atoms with Gasteiger partial charge in [0.05, 0.1) is 0 Å². The molecule has 1 amide bonds. The van der Waals surface area contributed by atoms with Gasteiger partial charge in [-0.1, -0.05) is 75.6 Å². The highest BCUT2D eigenvalue weighted by molar-refractivity contribution is 5.86. The molecule has 0 bridgehead atoms. The number of nitrogens with zero attached hydrogens (tertiary/aromatic N) is 1. The zero-order valence-corrected chi connectivity index (χ0v) is 17.6. The van der Waals surface area contributed by atoms with Crippen LogP contribution in [0.1, 0.15) is 69.9 Å². The summed E-state index contributed by atoms with van der Waals surface area (Å²) in [5, 5.41) is 4.31. The molecule has 2 aromatic rings. The summed E-state index contributed by atoms with van der Waals surface area (Å²) >= 11 is 0. The van der Waals surface area contributed by atoms with E-state index in [0.717, 1.165) is 31.4 Å². The van der Waals surface area contributed by atoms with Crippen LogP contribution in [0, 0.1) is 0 Å². The number of hydrogen-bond acceptors (Lipinski definition) is 3. The molecule has 4 nitrogen and oxygen atoms in total. The Balaban J connectivity index is 1.51. The number of nitrogens with one attached hydrogen (secondary N) is 1. The van der Waals surface area contributed by atoms with Gasteiger partial charge in [0.2, 0.25) is 0 Å². The van der Waals surface area contributed by atoms with Gasteiger partial charge < -0.3 is 4.74 Å². The number of carbonyl (C=O) groups is 1. The molecule has 0 unspecified atom stereocenters. The van der Waals surface area contributed by atoms with Crippen molar-refractivity contribution < 1.29 is 9.53 Å². The van der Waals surface area contributed by atoms with Crippen molar-refractivity contribution >= 4 is 11.6 Å². The first-order valence-electron chi connectivity index (χ1n) is 10.7. The lowest BCUT2D eigenvalue weighted by molar-refractivity contribution is -0.123. The Hall–Kier alpha value is -2.62. The van der Waals surface area contributed by atoms with Crippen molar-refractivity contribution in [3.63, 3.8) is 0 Å². The number of rotatable bonds is 6. The van der Waals surface area contributed by atoms with Gasteiger partial charge in [-0.15, -0.1) is 0 Å². The average molecular weight is 393 g/mol. The lowest BCUT2D eigenvalue weighted by Gasteiger charge is -2.26. The Morgan fingerprint density at radius 3 is 2.14 bits per heavy atom. The number of ether oxygens (including phenoxy) is 1. The molecular weight excluding hydrogens is 360 g/mol. The molecular formula is C25H32N2O2. The first kappa shape index (κ1) is 21.1. The monoisotopic (exact) mass is 392 g/mol. The lowest BCUT2D eigenvalue weighted by Crippen LogP contribution is -2.26. The molecule has 0 aromatic heterocycles. The minimum Gasteiger partial charge on any atom is -0.484 e. The van der Waals surface area contributed by atoms with E-state index in [2.05, 4.69) is 60.8 Å². The van der Waals surface area contributed by atoms with E-state index in [-0.39, 0.29) is 17.9 Å². The highest BCUT2D eigenvalue weighted by atomic mass is 16.5. The van der Waals surface area contributed by atoms with Crippen LogP contribution >= 0.6 is 0 Å². The van der Waals surface area contributed by atoms with E-state index in [0.29, 0.717) is 5.75 Å². The van der Waals surface area contributed by atoms with Crippen LogP contribution < -0.4 is 10.2 Å². The molecule has 4 heteroatoms. The Morgan fingerprint density at radius 2 is 1.48 bits per heavy atom. The van der Waals surface area contributed by atoms with Crippen molar-refractivity contribution in [3.8, 4) is 5.75 Å². The normalized spacial score (nSPS) is 15.2. The van der Waals surface area contributed by atoms with E-state index >= 15 is 0 Å². The molecule has 0 atom stereocenters. The summed E-state index contributed by atoms with van der Waals surface area (Å²) in [7, 11) is 0. The second-order valence-electron chi connectivity index (χ2n) is 8.28. The molecule has 3 rings (SSSR count). The molecule has 0 aliphatic heterocycles. The molecule has 1 fully saturated rings. The summed E-state index contributed by atoms with van der Waals surface area (Å²) in [4.78, 5) is 12.1. The minimum absolute atomic E-state index is 0.0296.